The second kappa shape index (κ2) is 34.0. The third kappa shape index (κ3) is 15.0. The Morgan fingerprint density at radius 3 is 1.24 bits per heavy atom. The van der Waals surface area contributed by atoms with Crippen LogP contribution in [0.5, 0.6) is 0 Å². The van der Waals surface area contributed by atoms with Crippen LogP contribution in [0.2, 0.25) is 0 Å². The molecule has 0 bridgehead atoms. The molecule has 0 aliphatic carbocycles. The first kappa shape index (κ1) is 58.8. The Kier molecular flexibility index (Phi) is 15.9. The van der Waals surface area contributed by atoms with Gasteiger partial charge in [0.1, 0.15) is 11.6 Å². The van der Waals surface area contributed by atoms with Crippen molar-refractivity contribution in [1.82, 2.24) is 19.1 Å². The number of anilines is 8. The molecule has 19 aromatic rings. The van der Waals surface area contributed by atoms with Gasteiger partial charge in [-0.2, -0.15) is 101 Å². The van der Waals surface area contributed by atoms with Crippen molar-refractivity contribution in [3.63, 3.8) is 0 Å². The minimum Gasteiger partial charge on any atom is -0.493 e. The van der Waals surface area contributed by atoms with Crippen LogP contribution in [0.15, 0.2) is 358 Å². The molecule has 8 nitrogen and oxygen atoms in total. The van der Waals surface area contributed by atoms with Gasteiger partial charge < -0.3 is 28.7 Å². The number of fused-ring (bicyclic) bond motifs is 8. The zero-order chi connectivity index (χ0) is 106. The minimum atomic E-state index is -0.712. The summed E-state index contributed by atoms with van der Waals surface area (Å²) in [6, 6.07) is 62.5. The Morgan fingerprint density at radius 1 is 0.317 bits per heavy atom. The van der Waals surface area contributed by atoms with Crippen LogP contribution in [0.25, 0.3) is 111 Å². The molecule has 0 unspecified atom stereocenters. The van der Waals surface area contributed by atoms with E-state index in [0.717, 1.165) is 88.8 Å². The van der Waals surface area contributed by atoms with Crippen molar-refractivity contribution in [3.05, 3.63) is 445 Å². The molecule has 126 heavy (non-hydrogen) atoms. The monoisotopic (exact) mass is 2010 g/mol. The molecule has 2 aliphatic heterocycles. The van der Waals surface area contributed by atoms with E-state index < -0.39 is 162 Å². The molecule has 21 rings (SSSR count). The summed E-state index contributed by atoms with van der Waals surface area (Å²) in [4.78, 5) is 16.9. The molecule has 6 heterocycles. The van der Waals surface area contributed by atoms with Crippen molar-refractivity contribution < 1.29 is 76.4 Å². The predicted molar refractivity (Wildman–Crippen MR) is 517 cm³/mol. The Hall–Kier alpha value is -13.2. The van der Waals surface area contributed by atoms with Crippen molar-refractivity contribution in [1.29, 1.82) is 0 Å². The normalized spacial score (nSPS) is 15.4. The van der Waals surface area contributed by atoms with Crippen LogP contribution in [0.3, 0.4) is 0 Å². The van der Waals surface area contributed by atoms with Gasteiger partial charge in [-0.05, 0) is 176 Å². The van der Waals surface area contributed by atoms with Crippen LogP contribution in [-0.2, 0) is 58.4 Å². The Morgan fingerprint density at radius 2 is 0.738 bits per heavy atom. The van der Waals surface area contributed by atoms with Gasteiger partial charge in [0, 0.05) is 122 Å². The maximum absolute atomic E-state index is 9.31. The Bertz CT molecular complexity index is 8620. The summed E-state index contributed by atoms with van der Waals surface area (Å²) in [7, 11) is 0. The number of hydrogen-bond donors (Lipinski definition) is 0. The minimum absolute atomic E-state index is 0. The first-order valence-corrected chi connectivity index (χ1v) is 40.8. The molecule has 624 valence electrons. The molecular weight excluding hydrogens is 1900 g/mol. The molecule has 4 aromatic heterocycles. The maximum atomic E-state index is 9.31. The fourth-order valence-corrected chi connectivity index (χ4v) is 17.2. The van der Waals surface area contributed by atoms with Crippen molar-refractivity contribution in [3.8, 4) is 67.3 Å². The van der Waals surface area contributed by atoms with Gasteiger partial charge in [0.2, 0.25) is 0 Å². The SMILES string of the molecule is [2H]c1c([2H])c([2H])c(-c2c(C)c(C)c(C)c(-c3c([2H])c([2H])c([2H])c([2H])c3[2H])c2N2[CH-]N(c3[c-]c(C(C)(C)c4[c-]c5c(cc4)c4ccccc4n5-c4cc(C(C)(C)C)ccn4)cc(C)c3)c3ccccc32)c([2H])c1[2H].[2H]c1c([2H])c([2H])c(-c2cc(-c3c([2H])c([2H])c([2H])c([2H])c3[2H])c(N3[CH-]N(c4[c-]c(C(C)(C)c5[c-]c6c(cc5)c5ccccc5n6-c5ccccn5)ccc4)c4ccccc43)c(-c3c([2H])c([2H])c([2H])c([2H])c3[2H])c2)c([2H])c1[2H].[Pt].[Pt]. The third-order valence-corrected chi connectivity index (χ3v) is 23.9. The van der Waals surface area contributed by atoms with Gasteiger partial charge >= 0.3 is 0 Å². The van der Waals surface area contributed by atoms with Crippen molar-refractivity contribution >= 4 is 89.1 Å². The molecule has 10 heteroatoms. The Labute approximate surface area is 804 Å². The summed E-state index contributed by atoms with van der Waals surface area (Å²) in [6.45, 7) is 26.1. The van der Waals surface area contributed by atoms with E-state index in [2.05, 4.69) is 155 Å². The van der Waals surface area contributed by atoms with Crippen molar-refractivity contribution in [2.24, 2.45) is 0 Å². The molecule has 0 atom stereocenters. The molecule has 0 radical (unpaired) electrons. The molecule has 0 spiro atoms. The number of aryl methyl sites for hydroxylation is 1. The van der Waals surface area contributed by atoms with Gasteiger partial charge in [0.05, 0.1) is 34.3 Å². The number of pyridine rings is 2. The quantitative estimate of drug-likeness (QED) is 0.0954. The maximum Gasteiger partial charge on any atom is 0.135 e. The summed E-state index contributed by atoms with van der Waals surface area (Å²) in [5.41, 5.74) is 12.7. The largest absolute Gasteiger partial charge is 0.493 e. The fourth-order valence-electron chi connectivity index (χ4n) is 17.2. The molecule has 0 saturated carbocycles. The van der Waals surface area contributed by atoms with E-state index in [1.165, 1.54) is 17.7 Å². The zero-order valence-corrected chi connectivity index (χ0v) is 75.0. The second-order valence-corrected chi connectivity index (χ2v) is 33.1. The number of nitrogens with zero attached hydrogens (tertiary/aromatic N) is 8. The summed E-state index contributed by atoms with van der Waals surface area (Å²) in [5.74, 6) is 1.56. The van der Waals surface area contributed by atoms with E-state index in [0.29, 0.717) is 50.8 Å². The van der Waals surface area contributed by atoms with Gasteiger partial charge in [0.25, 0.3) is 0 Å². The van der Waals surface area contributed by atoms with Gasteiger partial charge in [-0.25, -0.2) is 9.97 Å². The van der Waals surface area contributed by atoms with E-state index in [1.807, 2.05) is 152 Å². The summed E-state index contributed by atoms with van der Waals surface area (Å²) < 4.78 is 227. The number of para-hydroxylation sites is 6. The van der Waals surface area contributed by atoms with Crippen LogP contribution in [0, 0.1) is 65.3 Å². The van der Waals surface area contributed by atoms with Crippen LogP contribution >= 0.6 is 0 Å². The number of benzene rings is 15. The van der Waals surface area contributed by atoms with Gasteiger partial charge in [0.15, 0.2) is 0 Å². The number of aromatic nitrogens is 4. The number of hydrogen-bond acceptors (Lipinski definition) is 6. The summed E-state index contributed by atoms with van der Waals surface area (Å²) in [5, 5.41) is 4.22. The standard InChI is InChI=1S/C59H53N4.C57H41N4.2Pt/c1-38-32-46(59(8,9)45-28-29-49-48-24-16-17-25-50(48)63(53(49)35-45)54-36-44(30-31-60-54)58(5,6)7)34-47(33-38)61-37-62(52-27-19-18-26-51(52)61)57-55(42-20-12-10-13-21-42)40(3)39(2)41(4)56(57)43-22-14-11-15-23-43;1-57(2,45-32-33-48-47-27-12-13-28-51(47)61(54(48)38-45)55-31-16-17-34-58-55)44-25-18-26-46(37-44)59-39-60(53-30-15-14-29-52(53)59)56-49(41-21-8-4-9-22-41)35-43(40-19-6-3-7-20-40)36-50(56)42-23-10-5-11-24-42;;/h10-33,36-37H,1-9H3;3-36,39H,1-2H3;;/q2*-3;;/i10D,11D,12D,13D,14D,15D,20D,21D,22D,23D;3D,4D,5D,6D,7D,8D,9D,10D,11D,19D,20D,21D,22D,23D,24D;;. The number of rotatable bonds is 15. The van der Waals surface area contributed by atoms with E-state index in [9.17, 15) is 11.0 Å². The summed E-state index contributed by atoms with van der Waals surface area (Å²) >= 11 is 0. The first-order valence-electron chi connectivity index (χ1n) is 53.3. The van der Waals surface area contributed by atoms with E-state index >= 15 is 0 Å². The van der Waals surface area contributed by atoms with Crippen molar-refractivity contribution in [2.75, 3.05) is 19.6 Å². The average molecular weight is 2020 g/mol. The summed E-state index contributed by atoms with van der Waals surface area (Å²) in [6.07, 6.45) is 3.63. The third-order valence-electron chi connectivity index (χ3n) is 23.9. The Balaban J connectivity index is 0.000000194. The van der Waals surface area contributed by atoms with Crippen LogP contribution < -0.4 is 19.6 Å². The van der Waals surface area contributed by atoms with Gasteiger partial charge in [-0.1, -0.05) is 284 Å². The van der Waals surface area contributed by atoms with Crippen LogP contribution in [0.1, 0.15) is 133 Å². The molecule has 2 aliphatic rings. The predicted octanol–water partition coefficient (Wildman–Crippen LogP) is 29.9. The first-order chi connectivity index (χ1) is 70.7. The molecular formula is C116H94N8Pt2-6. The van der Waals surface area contributed by atoms with Gasteiger partial charge in [-0.3, -0.25) is 0 Å². The van der Waals surface area contributed by atoms with E-state index in [-0.39, 0.29) is 109 Å². The molecule has 0 amide bonds. The average Bonchev–Trinajstić information content (AvgIpc) is 1.71. The van der Waals surface area contributed by atoms with E-state index in [4.69, 9.17) is 33.3 Å². The zero-order valence-electron chi connectivity index (χ0n) is 95.5. The fraction of sp³-hybridized carbons (Fsp3) is 0.121. The molecule has 0 N–H and O–H groups in total. The smallest absolute Gasteiger partial charge is 0.135 e. The van der Waals surface area contributed by atoms with E-state index in [1.54, 1.807) is 29.9 Å². The molecule has 0 fully saturated rings. The van der Waals surface area contributed by atoms with Crippen LogP contribution in [0.4, 0.5) is 45.5 Å². The van der Waals surface area contributed by atoms with Gasteiger partial charge in [-0.15, -0.1) is 41.6 Å². The molecule has 0 saturated heterocycles. The second-order valence-electron chi connectivity index (χ2n) is 33.1. The van der Waals surface area contributed by atoms with Crippen LogP contribution in [-0.4, -0.2) is 19.1 Å². The molecule has 15 aromatic carbocycles. The topological polar surface area (TPSA) is 48.6 Å². The van der Waals surface area contributed by atoms with Crippen molar-refractivity contribution in [2.45, 2.75) is 92.4 Å².